The minimum absolute atomic E-state index is 0.0115. The lowest BCUT2D eigenvalue weighted by Crippen LogP contribution is -2.10. The van der Waals surface area contributed by atoms with Crippen molar-refractivity contribution in [3.63, 3.8) is 0 Å². The van der Waals surface area contributed by atoms with Crippen molar-refractivity contribution in [2.75, 3.05) is 6.61 Å². The quantitative estimate of drug-likeness (QED) is 0.783. The molecule has 0 aliphatic heterocycles. The molecule has 2 aromatic rings. The van der Waals surface area contributed by atoms with Gasteiger partial charge in [-0.2, -0.15) is 0 Å². The molecule has 0 aromatic heterocycles. The number of ketones is 1. The molecule has 0 fully saturated rings. The Balaban J connectivity index is 1.92. The average molecular weight is 280 g/mol. The van der Waals surface area contributed by atoms with Crippen molar-refractivity contribution < 1.29 is 22.7 Å². The molecule has 0 aliphatic carbocycles. The zero-order chi connectivity index (χ0) is 14.5. The molecule has 20 heavy (non-hydrogen) atoms. The number of carbonyl (C=O) groups excluding carboxylic acids is 1. The Kier molecular flexibility index (Phi) is 4.53. The van der Waals surface area contributed by atoms with E-state index in [9.17, 15) is 18.0 Å². The number of rotatable bonds is 5. The topological polar surface area (TPSA) is 26.3 Å². The third-order valence-corrected chi connectivity index (χ3v) is 2.69. The molecule has 0 unspecified atom stereocenters. The summed E-state index contributed by atoms with van der Waals surface area (Å²) in [7, 11) is 0. The molecule has 0 atom stereocenters. The Morgan fingerprint density at radius 1 is 0.950 bits per heavy atom. The van der Waals surface area contributed by atoms with Crippen molar-refractivity contribution in [2.24, 2.45) is 0 Å². The number of hydrogen-bond acceptors (Lipinski definition) is 2. The number of benzene rings is 2. The van der Waals surface area contributed by atoms with Crippen LogP contribution in [0.2, 0.25) is 0 Å². The van der Waals surface area contributed by atoms with Gasteiger partial charge < -0.3 is 4.74 Å². The summed E-state index contributed by atoms with van der Waals surface area (Å²) in [5.41, 5.74) is 0.336. The van der Waals surface area contributed by atoms with E-state index in [0.29, 0.717) is 5.56 Å². The second kappa shape index (κ2) is 6.34. The number of hydrogen-bond donors (Lipinski definition) is 0. The maximum Gasteiger partial charge on any atom is 0.188 e. The van der Waals surface area contributed by atoms with Crippen LogP contribution in [0.1, 0.15) is 15.9 Å². The lowest BCUT2D eigenvalue weighted by molar-refractivity contribution is 0.0720. The van der Waals surface area contributed by atoms with Crippen molar-refractivity contribution in [2.45, 2.75) is 6.61 Å². The molecule has 0 amide bonds. The standard InChI is InChI=1S/C15H11F3O2/c16-12-4-2-1-3-11(12)8-20-9-15(19)10-5-6-13(17)14(18)7-10/h1-7H,8-9H2. The van der Waals surface area contributed by atoms with Crippen molar-refractivity contribution in [1.29, 1.82) is 0 Å². The Labute approximate surface area is 113 Å². The van der Waals surface area contributed by atoms with E-state index in [4.69, 9.17) is 4.74 Å². The number of halogens is 3. The summed E-state index contributed by atoms with van der Waals surface area (Å²) in [5.74, 6) is -3.04. The normalized spacial score (nSPS) is 10.6. The SMILES string of the molecule is O=C(COCc1ccccc1F)c1ccc(F)c(F)c1. The highest BCUT2D eigenvalue weighted by Gasteiger charge is 2.10. The first-order chi connectivity index (χ1) is 9.58. The lowest BCUT2D eigenvalue weighted by atomic mass is 10.1. The van der Waals surface area contributed by atoms with Gasteiger partial charge in [0, 0.05) is 11.1 Å². The highest BCUT2D eigenvalue weighted by Crippen LogP contribution is 2.11. The molecule has 104 valence electrons. The van der Waals surface area contributed by atoms with E-state index in [1.165, 1.54) is 18.2 Å². The van der Waals surface area contributed by atoms with Gasteiger partial charge in [0.1, 0.15) is 12.4 Å². The van der Waals surface area contributed by atoms with E-state index < -0.39 is 23.2 Å². The minimum atomic E-state index is -1.09. The highest BCUT2D eigenvalue weighted by molar-refractivity contribution is 5.97. The van der Waals surface area contributed by atoms with Crippen LogP contribution in [0.3, 0.4) is 0 Å². The van der Waals surface area contributed by atoms with E-state index in [1.54, 1.807) is 12.1 Å². The van der Waals surface area contributed by atoms with Gasteiger partial charge in [-0.25, -0.2) is 13.2 Å². The van der Waals surface area contributed by atoms with E-state index in [-0.39, 0.29) is 18.8 Å². The molecule has 0 aliphatic rings. The molecule has 0 saturated heterocycles. The second-order valence-electron chi connectivity index (χ2n) is 4.14. The van der Waals surface area contributed by atoms with Gasteiger partial charge in [-0.1, -0.05) is 18.2 Å². The number of carbonyl (C=O) groups is 1. The molecule has 0 N–H and O–H groups in total. The van der Waals surface area contributed by atoms with Crippen LogP contribution in [0.5, 0.6) is 0 Å². The molecule has 0 spiro atoms. The van der Waals surface area contributed by atoms with Crippen molar-refractivity contribution in [3.05, 3.63) is 71.0 Å². The maximum atomic E-state index is 13.3. The van der Waals surface area contributed by atoms with Gasteiger partial charge >= 0.3 is 0 Å². The Hall–Kier alpha value is -2.14. The monoisotopic (exact) mass is 280 g/mol. The van der Waals surface area contributed by atoms with Gasteiger partial charge in [-0.3, -0.25) is 4.79 Å². The maximum absolute atomic E-state index is 13.3. The summed E-state index contributed by atoms with van der Waals surface area (Å²) in [4.78, 5) is 11.7. The molecule has 2 rings (SSSR count). The van der Waals surface area contributed by atoms with Gasteiger partial charge in [0.05, 0.1) is 6.61 Å². The fraction of sp³-hybridized carbons (Fsp3) is 0.133. The van der Waals surface area contributed by atoms with Crippen LogP contribution in [0.15, 0.2) is 42.5 Å². The van der Waals surface area contributed by atoms with Crippen LogP contribution in [0, 0.1) is 17.5 Å². The molecule has 2 aromatic carbocycles. The van der Waals surface area contributed by atoms with Crippen LogP contribution in [-0.4, -0.2) is 12.4 Å². The predicted octanol–water partition coefficient (Wildman–Crippen LogP) is 3.50. The zero-order valence-electron chi connectivity index (χ0n) is 10.4. The molecular formula is C15H11F3O2. The summed E-state index contributed by atoms with van der Waals surface area (Å²) < 4.78 is 44.0. The molecule has 0 radical (unpaired) electrons. The summed E-state index contributed by atoms with van der Waals surface area (Å²) in [6.07, 6.45) is 0. The second-order valence-corrected chi connectivity index (χ2v) is 4.14. The molecule has 0 saturated carbocycles. The highest BCUT2D eigenvalue weighted by atomic mass is 19.2. The Morgan fingerprint density at radius 3 is 2.40 bits per heavy atom. The van der Waals surface area contributed by atoms with Crippen LogP contribution >= 0.6 is 0 Å². The molecular weight excluding hydrogens is 269 g/mol. The third-order valence-electron chi connectivity index (χ3n) is 2.69. The van der Waals surface area contributed by atoms with Gasteiger partial charge in [-0.05, 0) is 24.3 Å². The van der Waals surface area contributed by atoms with Crippen LogP contribution in [-0.2, 0) is 11.3 Å². The van der Waals surface area contributed by atoms with E-state index >= 15 is 0 Å². The minimum Gasteiger partial charge on any atom is -0.369 e. The first-order valence-corrected chi connectivity index (χ1v) is 5.87. The van der Waals surface area contributed by atoms with Gasteiger partial charge in [0.15, 0.2) is 17.4 Å². The smallest absolute Gasteiger partial charge is 0.188 e. The first kappa shape index (κ1) is 14.3. The number of Topliss-reactive ketones (excluding diaryl/α,β-unsaturated/α-hetero) is 1. The Morgan fingerprint density at radius 2 is 1.70 bits per heavy atom. The average Bonchev–Trinajstić information content (AvgIpc) is 2.44. The summed E-state index contributed by atoms with van der Waals surface area (Å²) in [6, 6.07) is 8.88. The fourth-order valence-corrected chi connectivity index (χ4v) is 1.62. The van der Waals surface area contributed by atoms with Crippen LogP contribution in [0.4, 0.5) is 13.2 Å². The lowest BCUT2D eigenvalue weighted by Gasteiger charge is -2.05. The zero-order valence-corrected chi connectivity index (χ0v) is 10.4. The van der Waals surface area contributed by atoms with Crippen molar-refractivity contribution in [1.82, 2.24) is 0 Å². The van der Waals surface area contributed by atoms with Gasteiger partial charge in [0.2, 0.25) is 0 Å². The van der Waals surface area contributed by atoms with E-state index in [1.807, 2.05) is 0 Å². The summed E-state index contributed by atoms with van der Waals surface area (Å²) in [5, 5.41) is 0. The molecule has 0 heterocycles. The van der Waals surface area contributed by atoms with Crippen molar-refractivity contribution in [3.8, 4) is 0 Å². The Bertz CT molecular complexity index is 626. The number of ether oxygens (including phenoxy) is 1. The molecule has 0 bridgehead atoms. The van der Waals surface area contributed by atoms with Crippen molar-refractivity contribution >= 4 is 5.78 Å². The summed E-state index contributed by atoms with van der Waals surface area (Å²) >= 11 is 0. The molecule has 2 nitrogen and oxygen atoms in total. The van der Waals surface area contributed by atoms with E-state index in [2.05, 4.69) is 0 Å². The van der Waals surface area contributed by atoms with Gasteiger partial charge in [0.25, 0.3) is 0 Å². The van der Waals surface area contributed by atoms with E-state index in [0.717, 1.165) is 12.1 Å². The van der Waals surface area contributed by atoms with Gasteiger partial charge in [-0.15, -0.1) is 0 Å². The van der Waals surface area contributed by atoms with Crippen LogP contribution < -0.4 is 0 Å². The predicted molar refractivity (Wildman–Crippen MR) is 66.7 cm³/mol. The van der Waals surface area contributed by atoms with Crippen LogP contribution in [0.25, 0.3) is 0 Å². The molecule has 5 heteroatoms. The summed E-state index contributed by atoms with van der Waals surface area (Å²) in [6.45, 7) is -0.401. The third kappa shape index (κ3) is 3.45. The first-order valence-electron chi connectivity index (χ1n) is 5.87. The fourth-order valence-electron chi connectivity index (χ4n) is 1.62. The largest absolute Gasteiger partial charge is 0.369 e.